The molecule has 0 spiro atoms. The van der Waals surface area contributed by atoms with Crippen molar-refractivity contribution in [1.29, 1.82) is 0 Å². The van der Waals surface area contributed by atoms with E-state index < -0.39 is 0 Å². The maximum absolute atomic E-state index is 11.6. The number of carbonyl (C=O) groups is 1. The van der Waals surface area contributed by atoms with E-state index in [-0.39, 0.29) is 12.3 Å². The molecule has 0 bridgehead atoms. The third kappa shape index (κ3) is 2.13. The van der Waals surface area contributed by atoms with Gasteiger partial charge in [0.2, 0.25) is 0 Å². The van der Waals surface area contributed by atoms with Gasteiger partial charge in [0.1, 0.15) is 5.75 Å². The Morgan fingerprint density at radius 1 is 1.53 bits per heavy atom. The van der Waals surface area contributed by atoms with Crippen molar-refractivity contribution in [2.24, 2.45) is 5.73 Å². The van der Waals surface area contributed by atoms with Gasteiger partial charge in [-0.2, -0.15) is 0 Å². The fourth-order valence-corrected chi connectivity index (χ4v) is 2.09. The maximum Gasteiger partial charge on any atom is 0.178 e. The molecule has 4 heteroatoms. The molecule has 0 aromatic heterocycles. The second kappa shape index (κ2) is 4.64. The van der Waals surface area contributed by atoms with Gasteiger partial charge in [0, 0.05) is 11.1 Å². The molecule has 0 aliphatic carbocycles. The molecule has 0 saturated carbocycles. The van der Waals surface area contributed by atoms with Gasteiger partial charge in [0.15, 0.2) is 5.78 Å². The van der Waals surface area contributed by atoms with Crippen LogP contribution in [-0.2, 0) is 0 Å². The summed E-state index contributed by atoms with van der Waals surface area (Å²) in [5, 5.41) is 0.432. The predicted molar refractivity (Wildman–Crippen MR) is 60.9 cm³/mol. The Labute approximate surface area is 94.2 Å². The summed E-state index contributed by atoms with van der Waals surface area (Å²) in [5.74, 6) is 0.520. The van der Waals surface area contributed by atoms with E-state index in [1.807, 2.05) is 6.92 Å². The quantitative estimate of drug-likeness (QED) is 0.805. The molecule has 2 N–H and O–H groups in total. The minimum Gasteiger partial charge on any atom is -0.496 e. The lowest BCUT2D eigenvalue weighted by Gasteiger charge is -2.13. The lowest BCUT2D eigenvalue weighted by molar-refractivity contribution is 0.100. The molecule has 15 heavy (non-hydrogen) atoms. The smallest absolute Gasteiger partial charge is 0.178 e. The molecule has 0 atom stereocenters. The first kappa shape index (κ1) is 12.0. The first-order valence-electron chi connectivity index (χ1n) is 4.59. The van der Waals surface area contributed by atoms with Crippen molar-refractivity contribution in [3.05, 3.63) is 27.8 Å². The van der Waals surface area contributed by atoms with Crippen LogP contribution < -0.4 is 10.5 Å². The highest BCUT2D eigenvalue weighted by atomic mass is 35.5. The number of rotatable bonds is 3. The molecule has 0 fully saturated rings. The largest absolute Gasteiger partial charge is 0.496 e. The lowest BCUT2D eigenvalue weighted by atomic mass is 10.0. The van der Waals surface area contributed by atoms with Crippen LogP contribution in [0.25, 0.3) is 0 Å². The number of ketones is 1. The predicted octanol–water partition coefficient (Wildman–Crippen LogP) is 2.11. The van der Waals surface area contributed by atoms with Crippen molar-refractivity contribution >= 4 is 17.4 Å². The van der Waals surface area contributed by atoms with E-state index in [4.69, 9.17) is 22.1 Å². The summed E-state index contributed by atoms with van der Waals surface area (Å²) < 4.78 is 5.21. The van der Waals surface area contributed by atoms with Crippen LogP contribution in [0.4, 0.5) is 0 Å². The zero-order chi connectivity index (χ0) is 11.6. The number of carbonyl (C=O) groups excluding carboxylic acids is 1. The van der Waals surface area contributed by atoms with Gasteiger partial charge in [-0.3, -0.25) is 4.79 Å². The van der Waals surface area contributed by atoms with E-state index in [0.29, 0.717) is 16.3 Å². The summed E-state index contributed by atoms with van der Waals surface area (Å²) in [6, 6.07) is 1.72. The minimum atomic E-state index is -0.171. The molecule has 82 valence electrons. The van der Waals surface area contributed by atoms with Gasteiger partial charge >= 0.3 is 0 Å². The van der Waals surface area contributed by atoms with Crippen LogP contribution in [0.1, 0.15) is 21.5 Å². The van der Waals surface area contributed by atoms with Crippen LogP contribution in [0.15, 0.2) is 6.07 Å². The fraction of sp³-hybridized carbons (Fsp3) is 0.364. The number of benzene rings is 1. The highest BCUT2D eigenvalue weighted by Crippen LogP contribution is 2.31. The average Bonchev–Trinajstić information content (AvgIpc) is 2.17. The van der Waals surface area contributed by atoms with Crippen LogP contribution in [0.2, 0.25) is 5.02 Å². The third-order valence-corrected chi connectivity index (χ3v) is 2.62. The van der Waals surface area contributed by atoms with E-state index in [1.54, 1.807) is 20.1 Å². The Morgan fingerprint density at radius 2 is 2.13 bits per heavy atom. The summed E-state index contributed by atoms with van der Waals surface area (Å²) >= 11 is 6.01. The molecule has 0 amide bonds. The van der Waals surface area contributed by atoms with Crippen molar-refractivity contribution in [1.82, 2.24) is 0 Å². The first-order chi connectivity index (χ1) is 7.02. The van der Waals surface area contributed by atoms with Crippen molar-refractivity contribution in [3.63, 3.8) is 0 Å². The fourth-order valence-electron chi connectivity index (χ4n) is 1.67. The Morgan fingerprint density at radius 3 is 2.60 bits per heavy atom. The molecule has 0 radical (unpaired) electrons. The molecule has 1 aromatic rings. The van der Waals surface area contributed by atoms with Crippen molar-refractivity contribution in [3.8, 4) is 5.75 Å². The number of nitrogens with two attached hydrogens (primary N) is 1. The Balaban J connectivity index is 3.45. The molecule has 3 nitrogen and oxygen atoms in total. The molecule has 0 heterocycles. The van der Waals surface area contributed by atoms with Gasteiger partial charge in [-0.15, -0.1) is 0 Å². The van der Waals surface area contributed by atoms with Crippen LogP contribution in [0.5, 0.6) is 5.75 Å². The summed E-state index contributed by atoms with van der Waals surface area (Å²) in [6.45, 7) is 3.64. The SMILES string of the molecule is COc1c(C)cc(Cl)c(C(=O)CN)c1C. The second-order valence-electron chi connectivity index (χ2n) is 3.34. The van der Waals surface area contributed by atoms with Gasteiger partial charge in [-0.05, 0) is 25.5 Å². The van der Waals surface area contributed by atoms with E-state index >= 15 is 0 Å². The van der Waals surface area contributed by atoms with Gasteiger partial charge in [-0.25, -0.2) is 0 Å². The molecule has 0 aliphatic heterocycles. The molecule has 1 rings (SSSR count). The molecule has 0 aliphatic rings. The van der Waals surface area contributed by atoms with E-state index in [1.165, 1.54) is 0 Å². The molecule has 0 unspecified atom stereocenters. The van der Waals surface area contributed by atoms with Gasteiger partial charge in [0.25, 0.3) is 0 Å². The van der Waals surface area contributed by atoms with Gasteiger partial charge in [0.05, 0.1) is 18.7 Å². The number of ether oxygens (including phenoxy) is 1. The zero-order valence-corrected chi connectivity index (χ0v) is 9.81. The average molecular weight is 228 g/mol. The summed E-state index contributed by atoms with van der Waals surface area (Å²) in [6.07, 6.45) is 0. The number of hydrogen-bond donors (Lipinski definition) is 1. The molecular formula is C11H14ClNO2. The van der Waals surface area contributed by atoms with Crippen molar-refractivity contribution in [2.45, 2.75) is 13.8 Å². The van der Waals surface area contributed by atoms with Crippen LogP contribution in [-0.4, -0.2) is 19.4 Å². The standard InChI is InChI=1S/C11H14ClNO2/c1-6-4-8(12)10(9(14)5-13)7(2)11(6)15-3/h4H,5,13H2,1-3H3. The lowest BCUT2D eigenvalue weighted by Crippen LogP contribution is -2.16. The normalized spacial score (nSPS) is 10.2. The molecular weight excluding hydrogens is 214 g/mol. The summed E-state index contributed by atoms with van der Waals surface area (Å²) in [5.41, 5.74) is 7.44. The van der Waals surface area contributed by atoms with Gasteiger partial charge < -0.3 is 10.5 Å². The number of hydrogen-bond acceptors (Lipinski definition) is 3. The van der Waals surface area contributed by atoms with E-state index in [0.717, 1.165) is 11.1 Å². The van der Waals surface area contributed by atoms with E-state index in [9.17, 15) is 4.79 Å². The highest BCUT2D eigenvalue weighted by Gasteiger charge is 2.17. The van der Waals surface area contributed by atoms with Crippen LogP contribution in [0.3, 0.4) is 0 Å². The molecule has 1 aromatic carbocycles. The summed E-state index contributed by atoms with van der Waals surface area (Å²) in [4.78, 5) is 11.6. The van der Waals surface area contributed by atoms with Gasteiger partial charge in [-0.1, -0.05) is 11.6 Å². The first-order valence-corrected chi connectivity index (χ1v) is 4.97. The number of aryl methyl sites for hydroxylation is 1. The summed E-state index contributed by atoms with van der Waals surface area (Å²) in [7, 11) is 1.57. The zero-order valence-electron chi connectivity index (χ0n) is 9.06. The topological polar surface area (TPSA) is 52.3 Å². The number of Topliss-reactive ketones (excluding diaryl/α,β-unsaturated/α-hetero) is 1. The highest BCUT2D eigenvalue weighted by molar-refractivity contribution is 6.34. The third-order valence-electron chi connectivity index (χ3n) is 2.32. The number of halogens is 1. The van der Waals surface area contributed by atoms with Crippen molar-refractivity contribution < 1.29 is 9.53 Å². The van der Waals surface area contributed by atoms with Crippen LogP contribution in [0, 0.1) is 13.8 Å². The van der Waals surface area contributed by atoms with Crippen LogP contribution >= 0.6 is 11.6 Å². The van der Waals surface area contributed by atoms with Crippen molar-refractivity contribution in [2.75, 3.05) is 13.7 Å². The second-order valence-corrected chi connectivity index (χ2v) is 3.74. The monoisotopic (exact) mass is 227 g/mol. The maximum atomic E-state index is 11.6. The Hall–Kier alpha value is -1.06. The van der Waals surface area contributed by atoms with E-state index in [2.05, 4.69) is 0 Å². The molecule has 0 saturated heterocycles. The minimum absolute atomic E-state index is 0.0488. The Kier molecular flexibility index (Phi) is 3.72. The number of methoxy groups -OCH3 is 1. The Bertz CT molecular complexity index is 402.